The molecule has 3 heterocycles. The summed E-state index contributed by atoms with van der Waals surface area (Å²) in [6, 6.07) is 1.86. The Kier molecular flexibility index (Phi) is 6.04. The number of hydrogen-bond acceptors (Lipinski definition) is 6. The van der Waals surface area contributed by atoms with Crippen LogP contribution in [0.25, 0.3) is 0 Å². The van der Waals surface area contributed by atoms with Crippen molar-refractivity contribution in [2.75, 3.05) is 6.54 Å². The van der Waals surface area contributed by atoms with Crippen molar-refractivity contribution < 1.29 is 18.7 Å². The van der Waals surface area contributed by atoms with Crippen LogP contribution in [0, 0.1) is 6.92 Å². The van der Waals surface area contributed by atoms with Gasteiger partial charge in [0.15, 0.2) is 6.39 Å². The van der Waals surface area contributed by atoms with E-state index in [2.05, 4.69) is 15.3 Å². The highest BCUT2D eigenvalue weighted by molar-refractivity contribution is 6.02. The predicted molar refractivity (Wildman–Crippen MR) is 125 cm³/mol. The third-order valence-corrected chi connectivity index (χ3v) is 6.67. The standard InChI is InChI=1S/C26H28N4O4/c1-16-11-18(12-28-25(16)34-19-7-6-8-19)17(2)30-14-21-20(26(30)32)9-4-3-5-10-22(21)29-24(31)23-13-27-15-33-23/h4,9-13,15,17,19H,3,5-8,14H2,1-2H3,(H,29,31)/b9-4-,22-10+. The van der Waals surface area contributed by atoms with Gasteiger partial charge in [-0.2, -0.15) is 0 Å². The molecule has 1 aliphatic heterocycles. The number of nitrogens with zero attached hydrogens (tertiary/aromatic N) is 3. The highest BCUT2D eigenvalue weighted by Crippen LogP contribution is 2.34. The topological polar surface area (TPSA) is 97.6 Å². The van der Waals surface area contributed by atoms with Crippen LogP contribution in [0.2, 0.25) is 0 Å². The van der Waals surface area contributed by atoms with Crippen LogP contribution in [0.4, 0.5) is 0 Å². The largest absolute Gasteiger partial charge is 0.474 e. The van der Waals surface area contributed by atoms with Gasteiger partial charge in [0.05, 0.1) is 12.2 Å². The molecule has 8 heteroatoms. The van der Waals surface area contributed by atoms with E-state index in [-0.39, 0.29) is 29.7 Å². The second kappa shape index (κ2) is 9.29. The van der Waals surface area contributed by atoms with Crippen molar-refractivity contribution in [2.45, 2.75) is 58.1 Å². The zero-order valence-electron chi connectivity index (χ0n) is 19.4. The fraction of sp³-hybridized carbons (Fsp3) is 0.385. The molecular weight excluding hydrogens is 432 g/mol. The van der Waals surface area contributed by atoms with Gasteiger partial charge in [0.1, 0.15) is 6.10 Å². The summed E-state index contributed by atoms with van der Waals surface area (Å²) in [5.74, 6) is 0.344. The molecule has 1 saturated carbocycles. The number of aromatic nitrogens is 2. The molecular formula is C26H28N4O4. The first kappa shape index (κ1) is 22.1. The number of rotatable bonds is 6. The average molecular weight is 461 g/mol. The van der Waals surface area contributed by atoms with E-state index in [1.165, 1.54) is 19.0 Å². The van der Waals surface area contributed by atoms with Crippen LogP contribution in [0.3, 0.4) is 0 Å². The van der Waals surface area contributed by atoms with Crippen molar-refractivity contribution in [1.82, 2.24) is 20.2 Å². The molecule has 8 nitrogen and oxygen atoms in total. The minimum Gasteiger partial charge on any atom is -0.474 e. The van der Waals surface area contributed by atoms with Gasteiger partial charge >= 0.3 is 0 Å². The summed E-state index contributed by atoms with van der Waals surface area (Å²) < 4.78 is 11.1. The lowest BCUT2D eigenvalue weighted by atomic mass is 9.96. The smallest absolute Gasteiger partial charge is 0.293 e. The summed E-state index contributed by atoms with van der Waals surface area (Å²) in [7, 11) is 0. The van der Waals surface area contributed by atoms with Crippen molar-refractivity contribution >= 4 is 11.8 Å². The monoisotopic (exact) mass is 460 g/mol. The van der Waals surface area contributed by atoms with Gasteiger partial charge in [0, 0.05) is 35.1 Å². The number of carbonyl (C=O) groups excluding carboxylic acids is 2. The van der Waals surface area contributed by atoms with Gasteiger partial charge in [0.2, 0.25) is 11.6 Å². The number of hydrogen-bond donors (Lipinski definition) is 1. The van der Waals surface area contributed by atoms with Crippen LogP contribution < -0.4 is 10.1 Å². The molecule has 1 fully saturated rings. The first-order chi connectivity index (χ1) is 16.5. The first-order valence-electron chi connectivity index (χ1n) is 11.8. The lowest BCUT2D eigenvalue weighted by Gasteiger charge is -2.28. The molecule has 3 aliphatic rings. The molecule has 1 atom stereocenters. The van der Waals surface area contributed by atoms with E-state index in [0.29, 0.717) is 23.7 Å². The van der Waals surface area contributed by atoms with Crippen molar-refractivity contribution in [1.29, 1.82) is 0 Å². The molecule has 176 valence electrons. The van der Waals surface area contributed by atoms with E-state index in [0.717, 1.165) is 42.4 Å². The molecule has 34 heavy (non-hydrogen) atoms. The molecule has 2 aliphatic carbocycles. The van der Waals surface area contributed by atoms with Gasteiger partial charge in [-0.3, -0.25) is 9.59 Å². The molecule has 0 saturated heterocycles. The van der Waals surface area contributed by atoms with Crippen LogP contribution in [-0.2, 0) is 4.79 Å². The number of aryl methyl sites for hydroxylation is 1. The molecule has 1 unspecified atom stereocenters. The van der Waals surface area contributed by atoms with E-state index in [1.807, 2.05) is 43.0 Å². The van der Waals surface area contributed by atoms with Crippen molar-refractivity contribution in [2.24, 2.45) is 0 Å². The fourth-order valence-corrected chi connectivity index (χ4v) is 4.37. The lowest BCUT2D eigenvalue weighted by Crippen LogP contribution is -2.31. The molecule has 5 rings (SSSR count). The number of allylic oxidation sites excluding steroid dienone is 2. The first-order valence-corrected chi connectivity index (χ1v) is 11.8. The third-order valence-electron chi connectivity index (χ3n) is 6.67. The number of nitrogens with one attached hydrogen (secondary N) is 1. The van der Waals surface area contributed by atoms with E-state index >= 15 is 0 Å². The Labute approximate surface area is 198 Å². The summed E-state index contributed by atoms with van der Waals surface area (Å²) in [6.45, 7) is 4.38. The van der Waals surface area contributed by atoms with Gasteiger partial charge in [-0.05, 0) is 57.6 Å². The quantitative estimate of drug-likeness (QED) is 0.695. The minimum absolute atomic E-state index is 0.0621. The number of pyridine rings is 1. The summed E-state index contributed by atoms with van der Waals surface area (Å²) in [4.78, 5) is 36.2. The number of oxazole rings is 1. The van der Waals surface area contributed by atoms with E-state index in [4.69, 9.17) is 9.15 Å². The molecule has 2 aromatic rings. The average Bonchev–Trinajstić information content (AvgIpc) is 3.42. The van der Waals surface area contributed by atoms with Crippen LogP contribution in [-0.4, -0.2) is 39.3 Å². The molecule has 0 radical (unpaired) electrons. The second-order valence-corrected chi connectivity index (χ2v) is 8.98. The third kappa shape index (κ3) is 4.27. The van der Waals surface area contributed by atoms with Crippen LogP contribution in [0.5, 0.6) is 5.88 Å². The van der Waals surface area contributed by atoms with E-state index in [9.17, 15) is 9.59 Å². The number of carbonyl (C=O) groups is 2. The minimum atomic E-state index is -0.388. The highest BCUT2D eigenvalue weighted by Gasteiger charge is 2.35. The van der Waals surface area contributed by atoms with Crippen LogP contribution in [0.15, 0.2) is 64.3 Å². The molecule has 0 bridgehead atoms. The second-order valence-electron chi connectivity index (χ2n) is 8.98. The molecule has 0 aromatic carbocycles. The summed E-state index contributed by atoms with van der Waals surface area (Å²) in [5.41, 5.74) is 3.96. The Balaban J connectivity index is 1.36. The van der Waals surface area contributed by atoms with Crippen molar-refractivity contribution in [3.8, 4) is 5.88 Å². The normalized spacial score (nSPS) is 21.6. The van der Waals surface area contributed by atoms with Gasteiger partial charge in [0.25, 0.3) is 11.8 Å². The van der Waals surface area contributed by atoms with Crippen LogP contribution >= 0.6 is 0 Å². The Morgan fingerprint density at radius 3 is 2.85 bits per heavy atom. The fourth-order valence-electron chi connectivity index (χ4n) is 4.37. The SMILES string of the molecule is Cc1cc(C(C)N2CC3=C(/C=C\CC/C=C3/NC(=O)c3cnco3)C2=O)cnc1OC1CCC1. The lowest BCUT2D eigenvalue weighted by molar-refractivity contribution is -0.127. The van der Waals surface area contributed by atoms with Gasteiger partial charge in [-0.1, -0.05) is 18.2 Å². The van der Waals surface area contributed by atoms with Gasteiger partial charge in [-0.15, -0.1) is 0 Å². The molecule has 2 amide bonds. The Bertz CT molecular complexity index is 1190. The molecule has 0 spiro atoms. The van der Waals surface area contributed by atoms with Gasteiger partial charge in [-0.25, -0.2) is 9.97 Å². The van der Waals surface area contributed by atoms with E-state index < -0.39 is 0 Å². The highest BCUT2D eigenvalue weighted by atomic mass is 16.5. The maximum absolute atomic E-state index is 13.4. The maximum Gasteiger partial charge on any atom is 0.293 e. The molecule has 2 aromatic heterocycles. The van der Waals surface area contributed by atoms with Crippen molar-refractivity contribution in [3.05, 3.63) is 76.8 Å². The van der Waals surface area contributed by atoms with Crippen LogP contribution in [0.1, 0.15) is 66.8 Å². The Morgan fingerprint density at radius 2 is 2.15 bits per heavy atom. The van der Waals surface area contributed by atoms with E-state index in [1.54, 1.807) is 6.20 Å². The summed E-state index contributed by atoms with van der Waals surface area (Å²) in [5, 5.41) is 2.91. The zero-order chi connectivity index (χ0) is 23.7. The number of amides is 2. The zero-order valence-corrected chi connectivity index (χ0v) is 19.4. The number of ether oxygens (including phenoxy) is 1. The van der Waals surface area contributed by atoms with Gasteiger partial charge < -0.3 is 19.4 Å². The summed E-state index contributed by atoms with van der Waals surface area (Å²) in [6.07, 6.45) is 15.4. The predicted octanol–water partition coefficient (Wildman–Crippen LogP) is 4.17. The maximum atomic E-state index is 13.4. The van der Waals surface area contributed by atoms with Crippen molar-refractivity contribution in [3.63, 3.8) is 0 Å². The Morgan fingerprint density at radius 1 is 1.29 bits per heavy atom. The Hall–Kier alpha value is -3.68. The molecule has 1 N–H and O–H groups in total. The summed E-state index contributed by atoms with van der Waals surface area (Å²) >= 11 is 0.